The van der Waals surface area contributed by atoms with Gasteiger partial charge < -0.3 is 10.2 Å². The van der Waals surface area contributed by atoms with Crippen LogP contribution in [0.25, 0.3) is 0 Å². The van der Waals surface area contributed by atoms with E-state index in [2.05, 4.69) is 10.3 Å². The molecule has 1 aliphatic heterocycles. The topological polar surface area (TPSA) is 62.3 Å². The highest BCUT2D eigenvalue weighted by Crippen LogP contribution is 2.16. The van der Waals surface area contributed by atoms with Crippen molar-refractivity contribution in [1.82, 2.24) is 15.2 Å². The SMILES string of the molecule is O=C(NCc1ccccc1)c1csc(C(=O)N2CCCC2)n1. The van der Waals surface area contributed by atoms with Crippen molar-refractivity contribution in [3.8, 4) is 0 Å². The fourth-order valence-corrected chi connectivity index (χ4v) is 3.16. The first kappa shape index (κ1) is 14.7. The number of benzene rings is 1. The van der Waals surface area contributed by atoms with Gasteiger partial charge in [-0.25, -0.2) is 4.98 Å². The van der Waals surface area contributed by atoms with Gasteiger partial charge in [0.25, 0.3) is 11.8 Å². The molecule has 22 heavy (non-hydrogen) atoms. The van der Waals surface area contributed by atoms with Crippen molar-refractivity contribution in [2.24, 2.45) is 0 Å². The van der Waals surface area contributed by atoms with Gasteiger partial charge in [0.2, 0.25) is 0 Å². The monoisotopic (exact) mass is 315 g/mol. The fraction of sp³-hybridized carbons (Fsp3) is 0.312. The van der Waals surface area contributed by atoms with Crippen LogP contribution in [0.3, 0.4) is 0 Å². The van der Waals surface area contributed by atoms with Crippen molar-refractivity contribution >= 4 is 23.2 Å². The first-order chi connectivity index (χ1) is 10.7. The Kier molecular flexibility index (Phi) is 4.48. The van der Waals surface area contributed by atoms with Crippen LogP contribution in [0.2, 0.25) is 0 Å². The minimum absolute atomic E-state index is 0.0652. The van der Waals surface area contributed by atoms with Gasteiger partial charge >= 0.3 is 0 Å². The Hall–Kier alpha value is -2.21. The van der Waals surface area contributed by atoms with Gasteiger partial charge in [-0.1, -0.05) is 30.3 Å². The second-order valence-corrected chi connectivity index (χ2v) is 6.06. The number of carbonyl (C=O) groups is 2. The van der Waals surface area contributed by atoms with Crippen LogP contribution in [0, 0.1) is 0 Å². The van der Waals surface area contributed by atoms with Crippen molar-refractivity contribution in [2.75, 3.05) is 13.1 Å². The molecule has 0 bridgehead atoms. The van der Waals surface area contributed by atoms with Crippen molar-refractivity contribution in [1.29, 1.82) is 0 Å². The Bertz CT molecular complexity index is 663. The van der Waals surface area contributed by atoms with Gasteiger partial charge in [-0.2, -0.15) is 0 Å². The third-order valence-electron chi connectivity index (χ3n) is 3.61. The van der Waals surface area contributed by atoms with E-state index in [0.717, 1.165) is 31.5 Å². The van der Waals surface area contributed by atoms with Crippen molar-refractivity contribution < 1.29 is 9.59 Å². The standard InChI is InChI=1S/C16H17N3O2S/c20-14(17-10-12-6-2-1-3-7-12)13-11-22-15(18-13)16(21)19-8-4-5-9-19/h1-3,6-7,11H,4-5,8-10H2,(H,17,20). The van der Waals surface area contributed by atoms with E-state index in [0.29, 0.717) is 17.2 Å². The Morgan fingerprint density at radius 3 is 2.64 bits per heavy atom. The molecule has 1 aromatic heterocycles. The molecule has 3 rings (SSSR count). The average molecular weight is 315 g/mol. The number of nitrogens with one attached hydrogen (secondary N) is 1. The zero-order valence-corrected chi connectivity index (χ0v) is 12.9. The summed E-state index contributed by atoms with van der Waals surface area (Å²) in [6.45, 7) is 2.02. The summed E-state index contributed by atoms with van der Waals surface area (Å²) in [5.74, 6) is -0.315. The zero-order valence-electron chi connectivity index (χ0n) is 12.1. The minimum atomic E-state index is -0.249. The van der Waals surface area contributed by atoms with E-state index in [1.807, 2.05) is 30.3 Å². The maximum Gasteiger partial charge on any atom is 0.282 e. The summed E-state index contributed by atoms with van der Waals surface area (Å²) in [7, 11) is 0. The number of amides is 2. The molecule has 1 saturated heterocycles. The normalized spacial score (nSPS) is 14.1. The molecule has 2 heterocycles. The lowest BCUT2D eigenvalue weighted by Gasteiger charge is -2.12. The third kappa shape index (κ3) is 3.33. The van der Waals surface area contributed by atoms with Gasteiger partial charge in [0, 0.05) is 25.0 Å². The second kappa shape index (κ2) is 6.70. The summed E-state index contributed by atoms with van der Waals surface area (Å²) in [4.78, 5) is 30.3. The molecule has 0 saturated carbocycles. The average Bonchev–Trinajstić information content (AvgIpc) is 3.24. The number of nitrogens with zero attached hydrogens (tertiary/aromatic N) is 2. The van der Waals surface area contributed by atoms with Gasteiger partial charge in [0.1, 0.15) is 5.69 Å². The molecular formula is C16H17N3O2S. The number of carbonyl (C=O) groups excluding carboxylic acids is 2. The summed E-state index contributed by atoms with van der Waals surface area (Å²) in [5, 5.41) is 4.86. The van der Waals surface area contributed by atoms with Crippen LogP contribution in [0.15, 0.2) is 35.7 Å². The van der Waals surface area contributed by atoms with Crippen LogP contribution in [-0.2, 0) is 6.54 Å². The first-order valence-corrected chi connectivity index (χ1v) is 8.19. The van der Waals surface area contributed by atoms with Crippen LogP contribution in [0.1, 0.15) is 38.7 Å². The first-order valence-electron chi connectivity index (χ1n) is 7.31. The predicted molar refractivity (Wildman–Crippen MR) is 84.9 cm³/mol. The highest BCUT2D eigenvalue weighted by molar-refractivity contribution is 7.11. The molecule has 1 fully saturated rings. The van der Waals surface area contributed by atoms with E-state index in [1.54, 1.807) is 10.3 Å². The van der Waals surface area contributed by atoms with Crippen molar-refractivity contribution in [2.45, 2.75) is 19.4 Å². The maximum absolute atomic E-state index is 12.2. The van der Waals surface area contributed by atoms with Crippen LogP contribution in [0.4, 0.5) is 0 Å². The number of rotatable bonds is 4. The Labute approximate surface area is 133 Å². The quantitative estimate of drug-likeness (QED) is 0.942. The Balaban J connectivity index is 1.60. The molecule has 0 aliphatic carbocycles. The zero-order chi connectivity index (χ0) is 15.4. The van der Waals surface area contributed by atoms with E-state index in [9.17, 15) is 9.59 Å². The van der Waals surface area contributed by atoms with Gasteiger partial charge in [-0.15, -0.1) is 11.3 Å². The molecular weight excluding hydrogens is 298 g/mol. The van der Waals surface area contributed by atoms with Crippen LogP contribution in [-0.4, -0.2) is 34.8 Å². The smallest absolute Gasteiger partial charge is 0.282 e. The summed E-state index contributed by atoms with van der Waals surface area (Å²) >= 11 is 1.23. The maximum atomic E-state index is 12.2. The lowest BCUT2D eigenvalue weighted by molar-refractivity contribution is 0.0792. The number of thiazole rings is 1. The fourth-order valence-electron chi connectivity index (χ4n) is 2.40. The lowest BCUT2D eigenvalue weighted by atomic mass is 10.2. The molecule has 0 atom stereocenters. The molecule has 6 heteroatoms. The van der Waals surface area contributed by atoms with Crippen molar-refractivity contribution in [3.63, 3.8) is 0 Å². The lowest BCUT2D eigenvalue weighted by Crippen LogP contribution is -2.28. The highest BCUT2D eigenvalue weighted by atomic mass is 32.1. The van der Waals surface area contributed by atoms with Crippen LogP contribution >= 0.6 is 11.3 Å². The Morgan fingerprint density at radius 2 is 1.91 bits per heavy atom. The minimum Gasteiger partial charge on any atom is -0.347 e. The van der Waals surface area contributed by atoms with Gasteiger partial charge in [-0.3, -0.25) is 9.59 Å². The van der Waals surface area contributed by atoms with E-state index in [1.165, 1.54) is 11.3 Å². The summed E-state index contributed by atoms with van der Waals surface area (Å²) < 4.78 is 0. The van der Waals surface area contributed by atoms with E-state index < -0.39 is 0 Å². The number of hydrogen-bond donors (Lipinski definition) is 1. The van der Waals surface area contributed by atoms with Crippen LogP contribution < -0.4 is 5.32 Å². The molecule has 0 spiro atoms. The van der Waals surface area contributed by atoms with E-state index in [-0.39, 0.29) is 11.8 Å². The second-order valence-electron chi connectivity index (χ2n) is 5.21. The third-order valence-corrected chi connectivity index (χ3v) is 4.44. The largest absolute Gasteiger partial charge is 0.347 e. The number of likely N-dealkylation sites (tertiary alicyclic amines) is 1. The number of hydrogen-bond acceptors (Lipinski definition) is 4. The van der Waals surface area contributed by atoms with Gasteiger partial charge in [0.15, 0.2) is 5.01 Å². The van der Waals surface area contributed by atoms with Crippen LogP contribution in [0.5, 0.6) is 0 Å². The highest BCUT2D eigenvalue weighted by Gasteiger charge is 2.23. The molecule has 1 N–H and O–H groups in total. The summed E-state index contributed by atoms with van der Waals surface area (Å²) in [5.41, 5.74) is 1.34. The van der Waals surface area contributed by atoms with E-state index >= 15 is 0 Å². The molecule has 114 valence electrons. The molecule has 0 radical (unpaired) electrons. The van der Waals surface area contributed by atoms with E-state index in [4.69, 9.17) is 0 Å². The molecule has 0 unspecified atom stereocenters. The molecule has 1 aromatic carbocycles. The predicted octanol–water partition coefficient (Wildman–Crippen LogP) is 2.31. The summed E-state index contributed by atoms with van der Waals surface area (Å²) in [6.07, 6.45) is 2.09. The Morgan fingerprint density at radius 1 is 1.18 bits per heavy atom. The molecule has 2 aromatic rings. The number of aromatic nitrogens is 1. The molecule has 2 amide bonds. The molecule has 5 nitrogen and oxygen atoms in total. The summed E-state index contributed by atoms with van der Waals surface area (Å²) in [6, 6.07) is 9.68. The molecule has 1 aliphatic rings. The van der Waals surface area contributed by atoms with Gasteiger partial charge in [0.05, 0.1) is 0 Å². The van der Waals surface area contributed by atoms with Crippen molar-refractivity contribution in [3.05, 3.63) is 52.0 Å². The van der Waals surface area contributed by atoms with Gasteiger partial charge in [-0.05, 0) is 18.4 Å².